The van der Waals surface area contributed by atoms with Crippen molar-refractivity contribution >= 4 is 17.0 Å². The minimum absolute atomic E-state index is 0.0660. The normalized spacial score (nSPS) is 10.9. The summed E-state index contributed by atoms with van der Waals surface area (Å²) in [6, 6.07) is 13.5. The summed E-state index contributed by atoms with van der Waals surface area (Å²) in [6.07, 6.45) is 0.426. The fourth-order valence-electron chi connectivity index (χ4n) is 3.31. The number of fused-ring (bicyclic) bond motifs is 1. The maximum Gasteiger partial charge on any atom is 0.251 e. The number of carbonyl (C=O) groups is 1. The Hall–Kier alpha value is -3.94. The Labute approximate surface area is 182 Å². The van der Waals surface area contributed by atoms with Crippen LogP contribution in [0.15, 0.2) is 59.0 Å². The number of halogens is 2. The maximum atomic E-state index is 13.7. The number of carbonyl (C=O) groups excluding carboxylic acids is 1. The maximum absolute atomic E-state index is 13.7. The van der Waals surface area contributed by atoms with Crippen LogP contribution in [0.2, 0.25) is 0 Å². The summed E-state index contributed by atoms with van der Waals surface area (Å²) < 4.78 is 43.4. The van der Waals surface area contributed by atoms with E-state index in [1.807, 2.05) is 12.1 Å². The predicted molar refractivity (Wildman–Crippen MR) is 114 cm³/mol. The Morgan fingerprint density at radius 1 is 1.00 bits per heavy atom. The van der Waals surface area contributed by atoms with Crippen molar-refractivity contribution in [2.24, 2.45) is 0 Å². The first-order valence-electron chi connectivity index (χ1n) is 9.79. The van der Waals surface area contributed by atoms with E-state index in [1.54, 1.807) is 38.5 Å². The van der Waals surface area contributed by atoms with Crippen LogP contribution in [0, 0.1) is 11.6 Å². The van der Waals surface area contributed by atoms with E-state index in [-0.39, 0.29) is 12.1 Å². The molecular formula is C24H20F2N2O4. The van der Waals surface area contributed by atoms with E-state index in [4.69, 9.17) is 13.9 Å². The molecule has 32 heavy (non-hydrogen) atoms. The summed E-state index contributed by atoms with van der Waals surface area (Å²) in [7, 11) is 3.14. The van der Waals surface area contributed by atoms with Crippen molar-refractivity contribution in [2.45, 2.75) is 13.0 Å². The summed E-state index contributed by atoms with van der Waals surface area (Å²) >= 11 is 0. The third-order valence-electron chi connectivity index (χ3n) is 4.95. The smallest absolute Gasteiger partial charge is 0.251 e. The van der Waals surface area contributed by atoms with Gasteiger partial charge in [-0.25, -0.2) is 13.8 Å². The van der Waals surface area contributed by atoms with E-state index in [1.165, 1.54) is 0 Å². The second kappa shape index (κ2) is 9.05. The number of rotatable bonds is 7. The van der Waals surface area contributed by atoms with Gasteiger partial charge in [0, 0.05) is 24.1 Å². The number of aromatic nitrogens is 1. The van der Waals surface area contributed by atoms with Gasteiger partial charge in [-0.15, -0.1) is 0 Å². The van der Waals surface area contributed by atoms with Crippen LogP contribution in [0.4, 0.5) is 8.78 Å². The minimum atomic E-state index is -0.586. The van der Waals surface area contributed by atoms with Crippen molar-refractivity contribution in [1.29, 1.82) is 0 Å². The van der Waals surface area contributed by atoms with Crippen LogP contribution in [0.5, 0.6) is 11.5 Å². The summed E-state index contributed by atoms with van der Waals surface area (Å²) in [5, 5.41) is 2.58. The molecule has 4 aromatic rings. The number of amides is 1. The number of hydrogen-bond donors (Lipinski definition) is 1. The number of benzene rings is 3. The topological polar surface area (TPSA) is 73.6 Å². The molecule has 0 saturated heterocycles. The van der Waals surface area contributed by atoms with Crippen LogP contribution in [-0.2, 0) is 13.0 Å². The zero-order valence-electron chi connectivity index (χ0n) is 17.4. The highest BCUT2D eigenvalue weighted by atomic mass is 19.1. The Morgan fingerprint density at radius 3 is 2.59 bits per heavy atom. The molecule has 164 valence electrons. The predicted octanol–water partition coefficient (Wildman–Crippen LogP) is 4.64. The number of methoxy groups -OCH3 is 2. The number of oxazole rings is 1. The van der Waals surface area contributed by atoms with Gasteiger partial charge in [0.1, 0.15) is 17.2 Å². The van der Waals surface area contributed by atoms with Crippen LogP contribution in [0.3, 0.4) is 0 Å². The second-order valence-electron chi connectivity index (χ2n) is 7.07. The van der Waals surface area contributed by atoms with Crippen LogP contribution in [0.25, 0.3) is 11.1 Å². The van der Waals surface area contributed by atoms with Crippen LogP contribution in [0.1, 0.15) is 27.4 Å². The molecule has 6 nitrogen and oxygen atoms in total. The van der Waals surface area contributed by atoms with Gasteiger partial charge in [0.05, 0.1) is 14.2 Å². The number of hydrogen-bond acceptors (Lipinski definition) is 5. The highest BCUT2D eigenvalue weighted by Crippen LogP contribution is 2.29. The van der Waals surface area contributed by atoms with Gasteiger partial charge in [-0.1, -0.05) is 6.07 Å². The molecule has 0 aliphatic carbocycles. The molecule has 0 fully saturated rings. The van der Waals surface area contributed by atoms with Crippen molar-refractivity contribution in [3.8, 4) is 11.5 Å². The first kappa shape index (κ1) is 21.3. The number of nitrogens with zero attached hydrogens (tertiary/aromatic N) is 1. The van der Waals surface area contributed by atoms with Crippen molar-refractivity contribution in [1.82, 2.24) is 10.3 Å². The van der Waals surface area contributed by atoms with Crippen molar-refractivity contribution in [3.63, 3.8) is 0 Å². The average Bonchev–Trinajstić information content (AvgIpc) is 3.20. The van der Waals surface area contributed by atoms with Gasteiger partial charge in [-0.2, -0.15) is 0 Å². The summed E-state index contributed by atoms with van der Waals surface area (Å²) in [5.74, 6) is 0.121. The fraction of sp³-hybridized carbons (Fsp3) is 0.167. The Bertz CT molecular complexity index is 1290. The van der Waals surface area contributed by atoms with Gasteiger partial charge in [-0.3, -0.25) is 4.79 Å². The highest BCUT2D eigenvalue weighted by Gasteiger charge is 2.13. The lowest BCUT2D eigenvalue weighted by molar-refractivity contribution is 0.0950. The van der Waals surface area contributed by atoms with Gasteiger partial charge in [-0.05, 0) is 54.1 Å². The fourth-order valence-corrected chi connectivity index (χ4v) is 3.31. The Kier molecular flexibility index (Phi) is 6.02. The lowest BCUT2D eigenvalue weighted by Crippen LogP contribution is -2.23. The molecule has 0 radical (unpaired) electrons. The molecule has 1 heterocycles. The van der Waals surface area contributed by atoms with Gasteiger partial charge in [0.25, 0.3) is 5.91 Å². The quantitative estimate of drug-likeness (QED) is 0.455. The Morgan fingerprint density at radius 2 is 1.81 bits per heavy atom. The molecular weight excluding hydrogens is 418 g/mol. The molecule has 0 unspecified atom stereocenters. The molecule has 3 aromatic carbocycles. The average molecular weight is 438 g/mol. The van der Waals surface area contributed by atoms with Crippen molar-refractivity contribution in [3.05, 3.63) is 88.8 Å². The van der Waals surface area contributed by atoms with E-state index in [0.717, 1.165) is 23.8 Å². The van der Waals surface area contributed by atoms with Gasteiger partial charge in [0.2, 0.25) is 0 Å². The first-order chi connectivity index (χ1) is 15.5. The van der Waals surface area contributed by atoms with Crippen LogP contribution < -0.4 is 14.8 Å². The number of nitrogens with one attached hydrogen (secondary N) is 1. The monoisotopic (exact) mass is 438 g/mol. The van der Waals surface area contributed by atoms with Crippen molar-refractivity contribution < 1.29 is 27.5 Å². The van der Waals surface area contributed by atoms with E-state index < -0.39 is 17.5 Å². The molecule has 0 aliphatic heterocycles. The van der Waals surface area contributed by atoms with E-state index in [9.17, 15) is 13.6 Å². The third-order valence-corrected chi connectivity index (χ3v) is 4.95. The van der Waals surface area contributed by atoms with Crippen LogP contribution in [-0.4, -0.2) is 25.1 Å². The third kappa shape index (κ3) is 4.54. The van der Waals surface area contributed by atoms with Crippen molar-refractivity contribution in [2.75, 3.05) is 14.2 Å². The van der Waals surface area contributed by atoms with Crippen LogP contribution >= 0.6 is 0 Å². The molecule has 8 heteroatoms. The SMILES string of the molecule is COc1ccc(Cc2nc3ccc(C(=O)NCc4cc(F)ccc4F)cc3o2)cc1OC. The molecule has 0 aliphatic rings. The molecule has 0 atom stereocenters. The Balaban J connectivity index is 1.49. The van der Waals surface area contributed by atoms with Gasteiger partial charge in [0.15, 0.2) is 23.0 Å². The summed E-state index contributed by atoms with van der Waals surface area (Å²) in [5.41, 5.74) is 2.36. The lowest BCUT2D eigenvalue weighted by Gasteiger charge is -2.08. The summed E-state index contributed by atoms with van der Waals surface area (Å²) in [4.78, 5) is 16.9. The molecule has 0 spiro atoms. The highest BCUT2D eigenvalue weighted by molar-refractivity contribution is 5.97. The molecule has 1 aromatic heterocycles. The first-order valence-corrected chi connectivity index (χ1v) is 9.79. The molecule has 1 N–H and O–H groups in total. The molecule has 0 bridgehead atoms. The van der Waals surface area contributed by atoms with E-state index >= 15 is 0 Å². The molecule has 1 amide bonds. The standard InChI is InChI=1S/C24H20F2N2O4/c1-30-20-8-3-14(9-22(20)31-2)10-23-28-19-7-4-15(12-21(19)32-23)24(29)27-13-16-11-17(25)5-6-18(16)26/h3-9,11-12H,10,13H2,1-2H3,(H,27,29). The van der Waals surface area contributed by atoms with Gasteiger partial charge >= 0.3 is 0 Å². The second-order valence-corrected chi connectivity index (χ2v) is 7.07. The zero-order chi connectivity index (χ0) is 22.7. The van der Waals surface area contributed by atoms with E-state index in [0.29, 0.717) is 40.5 Å². The van der Waals surface area contributed by atoms with Gasteiger partial charge < -0.3 is 19.2 Å². The molecule has 0 saturated carbocycles. The molecule has 4 rings (SSSR count). The summed E-state index contributed by atoms with van der Waals surface area (Å²) in [6.45, 7) is -0.137. The lowest BCUT2D eigenvalue weighted by atomic mass is 10.1. The minimum Gasteiger partial charge on any atom is -0.493 e. The van der Waals surface area contributed by atoms with E-state index in [2.05, 4.69) is 10.3 Å². The number of ether oxygens (including phenoxy) is 2. The zero-order valence-corrected chi connectivity index (χ0v) is 17.4. The largest absolute Gasteiger partial charge is 0.493 e.